The van der Waals surface area contributed by atoms with Crippen molar-refractivity contribution in [3.05, 3.63) is 34.1 Å². The van der Waals surface area contributed by atoms with E-state index in [2.05, 4.69) is 5.32 Å². The Kier molecular flexibility index (Phi) is 5.48. The first-order valence-corrected chi connectivity index (χ1v) is 8.79. The van der Waals surface area contributed by atoms with Gasteiger partial charge in [-0.05, 0) is 31.7 Å². The van der Waals surface area contributed by atoms with Gasteiger partial charge < -0.3 is 10.1 Å². The van der Waals surface area contributed by atoms with Crippen molar-refractivity contribution in [3.63, 3.8) is 0 Å². The first kappa shape index (κ1) is 18.9. The van der Waals surface area contributed by atoms with Gasteiger partial charge in [0.05, 0.1) is 16.5 Å². The summed E-state index contributed by atoms with van der Waals surface area (Å²) in [7, 11) is 0. The largest absolute Gasteiger partial charge is 0.455 e. The van der Waals surface area contributed by atoms with Crippen LogP contribution in [0.3, 0.4) is 0 Å². The molecule has 1 aromatic rings. The fraction of sp³-hybridized carbons (Fsp3) is 0.500. The highest BCUT2D eigenvalue weighted by Crippen LogP contribution is 2.40. The summed E-state index contributed by atoms with van der Waals surface area (Å²) in [4.78, 5) is 46.2. The first-order valence-electron chi connectivity index (χ1n) is 8.79. The predicted molar refractivity (Wildman–Crippen MR) is 91.2 cm³/mol. The number of nitro groups is 1. The van der Waals surface area contributed by atoms with Gasteiger partial charge in [-0.3, -0.25) is 24.5 Å². The van der Waals surface area contributed by atoms with E-state index in [-0.39, 0.29) is 29.0 Å². The third-order valence-corrected chi connectivity index (χ3v) is 5.16. The van der Waals surface area contributed by atoms with Gasteiger partial charge in [0.1, 0.15) is 11.6 Å². The van der Waals surface area contributed by atoms with Gasteiger partial charge in [-0.25, -0.2) is 4.39 Å². The number of nitrogens with zero attached hydrogens (tertiary/aromatic N) is 1. The number of non-ortho nitro benzene ring substituents is 1. The molecule has 0 heterocycles. The van der Waals surface area contributed by atoms with Crippen LogP contribution in [-0.2, 0) is 19.1 Å². The Labute approximate surface area is 154 Å². The molecule has 2 fully saturated rings. The van der Waals surface area contributed by atoms with Crippen molar-refractivity contribution in [3.8, 4) is 0 Å². The van der Waals surface area contributed by atoms with Crippen LogP contribution in [0, 0.1) is 33.7 Å². The minimum absolute atomic E-state index is 0.108. The van der Waals surface area contributed by atoms with Crippen LogP contribution >= 0.6 is 0 Å². The third-order valence-electron chi connectivity index (χ3n) is 5.16. The molecule has 1 amide bonds. The molecule has 1 aromatic carbocycles. The topological polar surface area (TPSA) is 116 Å². The predicted octanol–water partition coefficient (Wildman–Crippen LogP) is 2.61. The lowest BCUT2D eigenvalue weighted by atomic mass is 9.67. The fourth-order valence-electron chi connectivity index (χ4n) is 3.84. The van der Waals surface area contributed by atoms with Gasteiger partial charge in [0.25, 0.3) is 11.6 Å². The quantitative estimate of drug-likeness (QED) is 0.478. The highest BCUT2D eigenvalue weighted by molar-refractivity contribution is 5.93. The lowest BCUT2D eigenvalue weighted by molar-refractivity contribution is -0.384. The summed E-state index contributed by atoms with van der Waals surface area (Å²) in [5.41, 5.74) is -0.731. The maximum atomic E-state index is 13.7. The number of hydrogen-bond acceptors (Lipinski definition) is 6. The van der Waals surface area contributed by atoms with Crippen molar-refractivity contribution in [2.24, 2.45) is 17.8 Å². The van der Waals surface area contributed by atoms with Gasteiger partial charge in [0.2, 0.25) is 0 Å². The highest BCUT2D eigenvalue weighted by atomic mass is 19.1. The number of ether oxygens (including phenoxy) is 1. The molecule has 8 nitrogen and oxygen atoms in total. The summed E-state index contributed by atoms with van der Waals surface area (Å²) in [6.07, 6.45) is 3.43. The lowest BCUT2D eigenvalue weighted by Gasteiger charge is -2.36. The molecular weight excluding hydrogens is 359 g/mol. The standard InChI is InChI=1S/C18H19FN2O6/c19-14-5-4-13(21(25)26)8-15(14)20-16(22)9-27-18(24)12-6-10-2-1-3-11(7-12)17(10)23/h4-5,8,10-12H,1-3,6-7,9H2,(H,20,22)/t10-,11+,12?. The molecule has 144 valence electrons. The number of hydrogen-bond donors (Lipinski definition) is 1. The van der Waals surface area contributed by atoms with Crippen LogP contribution in [0.2, 0.25) is 0 Å². The molecule has 0 aliphatic heterocycles. The number of carbonyl (C=O) groups excluding carboxylic acids is 3. The molecule has 0 aromatic heterocycles. The molecule has 9 heteroatoms. The minimum Gasteiger partial charge on any atom is -0.455 e. The number of rotatable bonds is 5. The summed E-state index contributed by atoms with van der Waals surface area (Å²) < 4.78 is 18.7. The Balaban J connectivity index is 1.53. The zero-order valence-corrected chi connectivity index (χ0v) is 14.5. The normalized spacial score (nSPS) is 24.2. The molecule has 0 radical (unpaired) electrons. The van der Waals surface area contributed by atoms with E-state index >= 15 is 0 Å². The van der Waals surface area contributed by atoms with E-state index in [4.69, 9.17) is 4.74 Å². The number of esters is 1. The number of nitrogens with one attached hydrogen (secondary N) is 1. The minimum atomic E-state index is -0.834. The van der Waals surface area contributed by atoms with Gasteiger partial charge in [-0.2, -0.15) is 0 Å². The number of ketones is 1. The highest BCUT2D eigenvalue weighted by Gasteiger charge is 2.41. The summed E-state index contributed by atoms with van der Waals surface area (Å²) in [5.74, 6) is -2.59. The molecule has 0 saturated heterocycles. The Morgan fingerprint density at radius 3 is 2.56 bits per heavy atom. The Bertz CT molecular complexity index is 780. The fourth-order valence-corrected chi connectivity index (χ4v) is 3.84. The van der Waals surface area contributed by atoms with Crippen molar-refractivity contribution in [1.82, 2.24) is 0 Å². The molecule has 2 aliphatic rings. The van der Waals surface area contributed by atoms with Gasteiger partial charge >= 0.3 is 5.97 Å². The number of anilines is 1. The second kappa shape index (κ2) is 7.81. The van der Waals surface area contributed by atoms with Crippen LogP contribution in [0.5, 0.6) is 0 Å². The number of nitro benzene ring substituents is 1. The van der Waals surface area contributed by atoms with E-state index < -0.39 is 35.1 Å². The first-order chi connectivity index (χ1) is 12.8. The van der Waals surface area contributed by atoms with E-state index in [9.17, 15) is 28.9 Å². The van der Waals surface area contributed by atoms with Crippen LogP contribution < -0.4 is 5.32 Å². The Hall–Kier alpha value is -2.84. The van der Waals surface area contributed by atoms with Gasteiger partial charge in [0.15, 0.2) is 6.61 Å². The molecule has 0 spiro atoms. The Morgan fingerprint density at radius 2 is 1.93 bits per heavy atom. The smallest absolute Gasteiger partial charge is 0.309 e. The van der Waals surface area contributed by atoms with Crippen LogP contribution in [-0.4, -0.2) is 29.2 Å². The van der Waals surface area contributed by atoms with Gasteiger partial charge in [-0.1, -0.05) is 6.42 Å². The number of amides is 1. The van der Waals surface area contributed by atoms with Crippen molar-refractivity contribution in [1.29, 1.82) is 0 Å². The average Bonchev–Trinajstić information content (AvgIpc) is 2.61. The molecule has 1 unspecified atom stereocenters. The van der Waals surface area contributed by atoms with Crippen molar-refractivity contribution >= 4 is 29.0 Å². The maximum Gasteiger partial charge on any atom is 0.309 e. The zero-order chi connectivity index (χ0) is 19.6. The van der Waals surface area contributed by atoms with Crippen molar-refractivity contribution < 1.29 is 28.4 Å². The van der Waals surface area contributed by atoms with E-state index in [0.717, 1.165) is 37.5 Å². The summed E-state index contributed by atoms with van der Waals surface area (Å²) in [6.45, 7) is -0.624. The molecule has 2 aliphatic carbocycles. The number of halogens is 1. The monoisotopic (exact) mass is 378 g/mol. The van der Waals surface area contributed by atoms with E-state index in [1.807, 2.05) is 0 Å². The SMILES string of the molecule is O=C(COC(=O)C1C[C@H]2CCC[C@@H](C1)C2=O)Nc1cc([N+](=O)[O-])ccc1F. The molecule has 27 heavy (non-hydrogen) atoms. The lowest BCUT2D eigenvalue weighted by Crippen LogP contribution is -2.40. The van der Waals surface area contributed by atoms with Crippen molar-refractivity contribution in [2.45, 2.75) is 32.1 Å². The van der Waals surface area contributed by atoms with Gasteiger partial charge in [0, 0.05) is 24.0 Å². The molecule has 2 bridgehead atoms. The number of Topliss-reactive ketones (excluding diaryl/α,β-unsaturated/α-hetero) is 1. The molecule has 1 N–H and O–H groups in total. The average molecular weight is 378 g/mol. The van der Waals surface area contributed by atoms with Crippen LogP contribution in [0.4, 0.5) is 15.8 Å². The summed E-state index contributed by atoms with van der Waals surface area (Å²) in [5, 5.41) is 12.9. The third kappa shape index (κ3) is 4.29. The van der Waals surface area contributed by atoms with Gasteiger partial charge in [-0.15, -0.1) is 0 Å². The molecular formula is C18H19FN2O6. The van der Waals surface area contributed by atoms with E-state index in [1.54, 1.807) is 0 Å². The second-order valence-electron chi connectivity index (χ2n) is 6.97. The maximum absolute atomic E-state index is 13.7. The molecule has 3 rings (SSSR count). The van der Waals surface area contributed by atoms with Crippen LogP contribution in [0.1, 0.15) is 32.1 Å². The number of fused-ring (bicyclic) bond motifs is 2. The number of benzene rings is 1. The zero-order valence-electron chi connectivity index (χ0n) is 14.5. The number of carbonyl (C=O) groups is 3. The summed E-state index contributed by atoms with van der Waals surface area (Å²) in [6, 6.07) is 2.74. The molecule has 3 atom stereocenters. The van der Waals surface area contributed by atoms with Crippen LogP contribution in [0.15, 0.2) is 18.2 Å². The van der Waals surface area contributed by atoms with Crippen molar-refractivity contribution in [2.75, 3.05) is 11.9 Å². The van der Waals surface area contributed by atoms with E-state index in [0.29, 0.717) is 12.8 Å². The molecule has 2 saturated carbocycles. The Morgan fingerprint density at radius 1 is 1.26 bits per heavy atom. The van der Waals surface area contributed by atoms with Crippen LogP contribution in [0.25, 0.3) is 0 Å². The summed E-state index contributed by atoms with van der Waals surface area (Å²) >= 11 is 0. The van der Waals surface area contributed by atoms with E-state index in [1.165, 1.54) is 0 Å². The second-order valence-corrected chi connectivity index (χ2v) is 6.97.